The molecule has 3 fully saturated rings. The first-order valence-electron chi connectivity index (χ1n) is 11.8. The Morgan fingerprint density at radius 2 is 1.97 bits per heavy atom. The maximum atomic E-state index is 12.8. The summed E-state index contributed by atoms with van der Waals surface area (Å²) < 4.78 is 1.04. The number of piperidine rings is 1. The molecule has 2 saturated heterocycles. The van der Waals surface area contributed by atoms with Gasteiger partial charge in [0.2, 0.25) is 11.8 Å². The van der Waals surface area contributed by atoms with E-state index in [1.807, 2.05) is 44.3 Å². The van der Waals surface area contributed by atoms with Crippen molar-refractivity contribution in [3.8, 4) is 11.1 Å². The van der Waals surface area contributed by atoms with Gasteiger partial charge in [0, 0.05) is 45.5 Å². The SMILES string of the molecule is Cc1cc(Cl)cc(-c2ccnc3cc(CN4C(=O)C5C(C4=O)C5(C)C)sc23)c1NC1CCNC1. The van der Waals surface area contributed by atoms with E-state index in [2.05, 4.69) is 22.5 Å². The molecule has 0 radical (unpaired) electrons. The zero-order valence-corrected chi connectivity index (χ0v) is 21.0. The molecule has 3 atom stereocenters. The highest BCUT2D eigenvalue weighted by Crippen LogP contribution is 2.63. The molecule has 6 nitrogen and oxygen atoms in total. The van der Waals surface area contributed by atoms with Crippen molar-refractivity contribution < 1.29 is 9.59 Å². The lowest BCUT2D eigenvalue weighted by molar-refractivity contribution is -0.143. The number of pyridine rings is 1. The predicted octanol–water partition coefficient (Wildman–Crippen LogP) is 4.84. The van der Waals surface area contributed by atoms with Gasteiger partial charge in [0.25, 0.3) is 0 Å². The Balaban J connectivity index is 1.36. The van der Waals surface area contributed by atoms with Crippen LogP contribution in [-0.4, -0.2) is 40.8 Å². The monoisotopic (exact) mass is 494 g/mol. The second-order valence-corrected chi connectivity index (χ2v) is 11.9. The number of nitrogens with one attached hydrogen (secondary N) is 2. The van der Waals surface area contributed by atoms with Crippen molar-refractivity contribution in [1.82, 2.24) is 15.2 Å². The molecular formula is C26H27ClN4O2S. The van der Waals surface area contributed by atoms with Crippen LogP contribution >= 0.6 is 22.9 Å². The third-order valence-corrected chi connectivity index (χ3v) is 9.03. The highest BCUT2D eigenvalue weighted by Gasteiger charge is 2.72. The summed E-state index contributed by atoms with van der Waals surface area (Å²) in [5.74, 6) is -0.382. The molecule has 2 amide bonds. The number of carbonyl (C=O) groups excluding carboxylic acids is 2. The van der Waals surface area contributed by atoms with Gasteiger partial charge in [-0.05, 0) is 55.1 Å². The summed E-state index contributed by atoms with van der Waals surface area (Å²) in [5.41, 5.74) is 4.98. The van der Waals surface area contributed by atoms with Crippen LogP contribution in [0.3, 0.4) is 0 Å². The molecule has 2 aromatic heterocycles. The molecule has 0 bridgehead atoms. The van der Waals surface area contributed by atoms with Crippen LogP contribution in [0, 0.1) is 24.2 Å². The zero-order chi connectivity index (χ0) is 23.8. The summed E-state index contributed by atoms with van der Waals surface area (Å²) in [6.45, 7) is 8.36. The number of thiophene rings is 1. The molecule has 2 N–H and O–H groups in total. The quantitative estimate of drug-likeness (QED) is 0.496. The first-order valence-corrected chi connectivity index (χ1v) is 13.0. The number of hydrogen-bond donors (Lipinski definition) is 2. The Bertz CT molecular complexity index is 1320. The van der Waals surface area contributed by atoms with Gasteiger partial charge < -0.3 is 10.6 Å². The minimum Gasteiger partial charge on any atom is -0.380 e. The highest BCUT2D eigenvalue weighted by atomic mass is 35.5. The van der Waals surface area contributed by atoms with Gasteiger partial charge in [0.1, 0.15) is 0 Å². The molecule has 1 aliphatic carbocycles. The van der Waals surface area contributed by atoms with Crippen LogP contribution in [-0.2, 0) is 16.1 Å². The number of hydrogen-bond acceptors (Lipinski definition) is 6. The largest absolute Gasteiger partial charge is 0.380 e. The Kier molecular flexibility index (Phi) is 5.03. The zero-order valence-electron chi connectivity index (χ0n) is 19.4. The number of imide groups is 1. The molecule has 1 saturated carbocycles. The molecule has 3 aliphatic rings. The van der Waals surface area contributed by atoms with Crippen molar-refractivity contribution in [3.63, 3.8) is 0 Å². The lowest BCUT2D eigenvalue weighted by atomic mass is 10.00. The highest BCUT2D eigenvalue weighted by molar-refractivity contribution is 7.19. The number of benzene rings is 1. The van der Waals surface area contributed by atoms with E-state index in [9.17, 15) is 9.59 Å². The van der Waals surface area contributed by atoms with Gasteiger partial charge in [-0.2, -0.15) is 0 Å². The normalized spacial score (nSPS) is 25.3. The fourth-order valence-electron chi connectivity index (χ4n) is 5.72. The summed E-state index contributed by atoms with van der Waals surface area (Å²) in [7, 11) is 0. The van der Waals surface area contributed by atoms with Crippen molar-refractivity contribution in [2.45, 2.75) is 39.8 Å². The van der Waals surface area contributed by atoms with Gasteiger partial charge >= 0.3 is 0 Å². The molecule has 176 valence electrons. The number of likely N-dealkylation sites (tertiary alicyclic amines) is 1. The van der Waals surface area contributed by atoms with E-state index >= 15 is 0 Å². The summed E-state index contributed by atoms with van der Waals surface area (Å²) in [6.07, 6.45) is 2.89. The lowest BCUT2D eigenvalue weighted by Gasteiger charge is -2.20. The fraction of sp³-hybridized carbons (Fsp3) is 0.423. The molecule has 8 heteroatoms. The molecule has 3 aromatic rings. The second kappa shape index (κ2) is 7.77. The van der Waals surface area contributed by atoms with Crippen molar-refractivity contribution in [2.75, 3.05) is 18.4 Å². The number of anilines is 1. The van der Waals surface area contributed by atoms with Crippen LogP contribution in [0.25, 0.3) is 21.3 Å². The number of nitrogens with zero attached hydrogens (tertiary/aromatic N) is 2. The van der Waals surface area contributed by atoms with Crippen LogP contribution in [0.1, 0.15) is 30.7 Å². The Labute approximate surface area is 207 Å². The maximum Gasteiger partial charge on any atom is 0.234 e. The van der Waals surface area contributed by atoms with Crippen molar-refractivity contribution in [1.29, 1.82) is 0 Å². The fourth-order valence-corrected chi connectivity index (χ4v) is 7.13. The van der Waals surface area contributed by atoms with E-state index < -0.39 is 0 Å². The molecule has 3 unspecified atom stereocenters. The first-order chi connectivity index (χ1) is 16.3. The molecular weight excluding hydrogens is 468 g/mol. The first kappa shape index (κ1) is 22.0. The van der Waals surface area contributed by atoms with Gasteiger partial charge in [0.15, 0.2) is 0 Å². The standard InChI is InChI=1S/C26H27ClN4O2S/c1-13-8-14(27)9-18(22(13)30-15-4-6-28-11-15)17-5-7-29-19-10-16(34-23(17)19)12-31-24(32)20-21(25(31)33)26(20,2)3/h5,7-10,15,20-21,28,30H,4,6,11-12H2,1-3H3. The van der Waals surface area contributed by atoms with E-state index in [-0.39, 0.29) is 29.1 Å². The molecule has 6 rings (SSSR count). The van der Waals surface area contributed by atoms with Gasteiger partial charge in [0.05, 0.1) is 28.6 Å². The number of rotatable bonds is 5. The third-order valence-electron chi connectivity index (χ3n) is 7.67. The van der Waals surface area contributed by atoms with E-state index in [1.165, 1.54) is 4.90 Å². The van der Waals surface area contributed by atoms with Crippen molar-refractivity contribution >= 4 is 50.7 Å². The minimum absolute atomic E-state index is 0.0345. The number of halogens is 1. The van der Waals surface area contributed by atoms with Gasteiger partial charge in [-0.25, -0.2) is 0 Å². The van der Waals surface area contributed by atoms with Crippen LogP contribution in [0.4, 0.5) is 5.69 Å². The molecule has 2 aliphatic heterocycles. The predicted molar refractivity (Wildman–Crippen MR) is 136 cm³/mol. The second-order valence-electron chi connectivity index (χ2n) is 10.3. The van der Waals surface area contributed by atoms with Crippen LogP contribution in [0.5, 0.6) is 0 Å². The van der Waals surface area contributed by atoms with E-state index in [1.54, 1.807) is 11.3 Å². The van der Waals surface area contributed by atoms with Gasteiger partial charge in [-0.1, -0.05) is 25.4 Å². The molecule has 4 heterocycles. The van der Waals surface area contributed by atoms with E-state index in [0.717, 1.165) is 57.0 Å². The summed E-state index contributed by atoms with van der Waals surface area (Å²) in [5, 5.41) is 7.83. The molecule has 34 heavy (non-hydrogen) atoms. The Morgan fingerprint density at radius 1 is 1.21 bits per heavy atom. The number of aromatic nitrogens is 1. The summed E-state index contributed by atoms with van der Waals surface area (Å²) >= 11 is 8.09. The van der Waals surface area contributed by atoms with Crippen molar-refractivity contribution in [2.24, 2.45) is 17.3 Å². The van der Waals surface area contributed by atoms with Gasteiger partial charge in [-0.15, -0.1) is 11.3 Å². The van der Waals surface area contributed by atoms with Gasteiger partial charge in [-0.3, -0.25) is 19.5 Å². The average molecular weight is 495 g/mol. The number of carbonyl (C=O) groups is 2. The topological polar surface area (TPSA) is 74.3 Å². The third kappa shape index (κ3) is 3.36. The number of amides is 2. The maximum absolute atomic E-state index is 12.8. The van der Waals surface area contributed by atoms with Crippen molar-refractivity contribution in [3.05, 3.63) is 45.9 Å². The minimum atomic E-state index is -0.192. The molecule has 1 aromatic carbocycles. The van der Waals surface area contributed by atoms with Crippen LogP contribution < -0.4 is 10.6 Å². The average Bonchev–Trinajstić information content (AvgIpc) is 3.24. The lowest BCUT2D eigenvalue weighted by Crippen LogP contribution is -2.35. The van der Waals surface area contributed by atoms with E-state index in [0.29, 0.717) is 17.6 Å². The van der Waals surface area contributed by atoms with E-state index in [4.69, 9.17) is 11.6 Å². The smallest absolute Gasteiger partial charge is 0.234 e. The number of fused-ring (bicyclic) bond motifs is 2. The molecule has 0 spiro atoms. The summed E-state index contributed by atoms with van der Waals surface area (Å²) in [4.78, 5) is 32.6. The Hall–Kier alpha value is -2.48. The van der Waals surface area contributed by atoms with Crippen LogP contribution in [0.15, 0.2) is 30.5 Å². The van der Waals surface area contributed by atoms with Crippen LogP contribution in [0.2, 0.25) is 5.02 Å². The number of aryl methyl sites for hydroxylation is 1. The summed E-state index contributed by atoms with van der Waals surface area (Å²) in [6, 6.07) is 8.40. The Morgan fingerprint density at radius 3 is 2.68 bits per heavy atom.